The number of nitrogens with zero attached hydrogens (tertiary/aromatic N) is 1. The summed E-state index contributed by atoms with van der Waals surface area (Å²) >= 11 is 0. The van der Waals surface area contributed by atoms with E-state index in [-0.39, 0.29) is 5.91 Å². The van der Waals surface area contributed by atoms with Crippen LogP contribution in [0.2, 0.25) is 0 Å². The van der Waals surface area contributed by atoms with Crippen LogP contribution >= 0.6 is 0 Å². The number of nitrogens with two attached hydrogens (primary N) is 1. The standard InChI is InChI=1S/C17H27N3O/c1-17(2)9-5-6-13(11-17)19-15-10-12(7-8-14(15)18)16(21)20(3)4/h7-8,10,13,19H,5-6,9,11,18H2,1-4H3. The second-order valence-electron chi connectivity index (χ2n) is 7.10. The number of carbonyl (C=O) groups is 1. The molecular weight excluding hydrogens is 262 g/mol. The van der Waals surface area contributed by atoms with Gasteiger partial charge in [0, 0.05) is 25.7 Å². The Bertz CT molecular complexity index is 523. The summed E-state index contributed by atoms with van der Waals surface area (Å²) in [5.74, 6) is 0.00187. The molecule has 0 radical (unpaired) electrons. The third-order valence-electron chi connectivity index (χ3n) is 4.27. The first kappa shape index (κ1) is 15.7. The number of nitrogen functional groups attached to an aromatic ring is 1. The monoisotopic (exact) mass is 289 g/mol. The topological polar surface area (TPSA) is 58.4 Å². The molecular formula is C17H27N3O. The summed E-state index contributed by atoms with van der Waals surface area (Å²) < 4.78 is 0. The highest BCUT2D eigenvalue weighted by Gasteiger charge is 2.28. The molecule has 2 rings (SSSR count). The van der Waals surface area contributed by atoms with Crippen molar-refractivity contribution in [1.29, 1.82) is 0 Å². The molecule has 0 saturated heterocycles. The number of carbonyl (C=O) groups excluding carboxylic acids is 1. The smallest absolute Gasteiger partial charge is 0.253 e. The second-order valence-corrected chi connectivity index (χ2v) is 7.10. The molecule has 1 saturated carbocycles. The van der Waals surface area contributed by atoms with E-state index in [1.165, 1.54) is 12.8 Å². The van der Waals surface area contributed by atoms with E-state index in [0.717, 1.165) is 18.5 Å². The van der Waals surface area contributed by atoms with Gasteiger partial charge in [0.05, 0.1) is 11.4 Å². The fraction of sp³-hybridized carbons (Fsp3) is 0.588. The first-order valence-electron chi connectivity index (χ1n) is 7.66. The molecule has 4 nitrogen and oxygen atoms in total. The van der Waals surface area contributed by atoms with Crippen molar-refractivity contribution in [3.05, 3.63) is 23.8 Å². The van der Waals surface area contributed by atoms with Gasteiger partial charge in [-0.1, -0.05) is 20.3 Å². The van der Waals surface area contributed by atoms with Gasteiger partial charge in [0.2, 0.25) is 0 Å². The van der Waals surface area contributed by atoms with Crippen LogP contribution in [-0.4, -0.2) is 30.9 Å². The quantitative estimate of drug-likeness (QED) is 0.839. The van der Waals surface area contributed by atoms with Crippen LogP contribution in [-0.2, 0) is 0 Å². The zero-order chi connectivity index (χ0) is 15.6. The Morgan fingerprint density at radius 1 is 1.38 bits per heavy atom. The van der Waals surface area contributed by atoms with Crippen molar-refractivity contribution in [2.24, 2.45) is 5.41 Å². The summed E-state index contributed by atoms with van der Waals surface area (Å²) in [6, 6.07) is 5.90. The van der Waals surface area contributed by atoms with Gasteiger partial charge in [-0.2, -0.15) is 0 Å². The minimum atomic E-state index is 0.00187. The van der Waals surface area contributed by atoms with E-state index >= 15 is 0 Å². The molecule has 116 valence electrons. The highest BCUT2D eigenvalue weighted by Crippen LogP contribution is 2.37. The lowest BCUT2D eigenvalue weighted by Crippen LogP contribution is -2.32. The number of hydrogen-bond donors (Lipinski definition) is 2. The fourth-order valence-electron chi connectivity index (χ4n) is 3.11. The predicted molar refractivity (Wildman–Crippen MR) is 88.5 cm³/mol. The van der Waals surface area contributed by atoms with Crippen molar-refractivity contribution in [1.82, 2.24) is 4.90 Å². The van der Waals surface area contributed by atoms with Crippen LogP contribution in [0.1, 0.15) is 49.9 Å². The molecule has 1 amide bonds. The number of anilines is 2. The van der Waals surface area contributed by atoms with Crippen molar-refractivity contribution < 1.29 is 4.79 Å². The SMILES string of the molecule is CN(C)C(=O)c1ccc(N)c(NC2CCCC(C)(C)C2)c1. The van der Waals surface area contributed by atoms with Crippen molar-refractivity contribution in [3.8, 4) is 0 Å². The molecule has 0 bridgehead atoms. The zero-order valence-electron chi connectivity index (χ0n) is 13.6. The van der Waals surface area contributed by atoms with E-state index in [2.05, 4.69) is 19.2 Å². The molecule has 21 heavy (non-hydrogen) atoms. The fourth-order valence-corrected chi connectivity index (χ4v) is 3.11. The maximum Gasteiger partial charge on any atom is 0.253 e. The maximum atomic E-state index is 12.1. The maximum absolute atomic E-state index is 12.1. The van der Waals surface area contributed by atoms with Gasteiger partial charge in [-0.25, -0.2) is 0 Å². The second kappa shape index (κ2) is 5.96. The normalized spacial score (nSPS) is 20.9. The van der Waals surface area contributed by atoms with E-state index < -0.39 is 0 Å². The number of nitrogens with one attached hydrogen (secondary N) is 1. The summed E-state index contributed by atoms with van der Waals surface area (Å²) in [5.41, 5.74) is 8.70. The third-order valence-corrected chi connectivity index (χ3v) is 4.27. The van der Waals surface area contributed by atoms with Gasteiger partial charge in [-0.3, -0.25) is 4.79 Å². The predicted octanol–water partition coefficient (Wildman–Crippen LogP) is 3.35. The molecule has 0 aromatic heterocycles. The third kappa shape index (κ3) is 3.90. The molecule has 0 aliphatic heterocycles. The lowest BCUT2D eigenvalue weighted by molar-refractivity contribution is 0.0827. The highest BCUT2D eigenvalue weighted by atomic mass is 16.2. The van der Waals surface area contributed by atoms with Gasteiger partial charge < -0.3 is 16.0 Å². The van der Waals surface area contributed by atoms with Crippen LogP contribution in [0, 0.1) is 5.41 Å². The van der Waals surface area contributed by atoms with E-state index in [1.807, 2.05) is 12.1 Å². The van der Waals surface area contributed by atoms with Crippen molar-refractivity contribution >= 4 is 17.3 Å². The van der Waals surface area contributed by atoms with Gasteiger partial charge in [-0.15, -0.1) is 0 Å². The number of benzene rings is 1. The van der Waals surface area contributed by atoms with Crippen molar-refractivity contribution in [2.45, 2.75) is 45.6 Å². The molecule has 1 fully saturated rings. The Kier molecular flexibility index (Phi) is 4.45. The van der Waals surface area contributed by atoms with Gasteiger partial charge in [0.1, 0.15) is 0 Å². The van der Waals surface area contributed by atoms with Crippen LogP contribution in [0.25, 0.3) is 0 Å². The Labute approximate surface area is 127 Å². The van der Waals surface area contributed by atoms with Gasteiger partial charge in [0.15, 0.2) is 0 Å². The van der Waals surface area contributed by atoms with Crippen molar-refractivity contribution in [2.75, 3.05) is 25.1 Å². The number of amides is 1. The Hall–Kier alpha value is -1.71. The first-order valence-corrected chi connectivity index (χ1v) is 7.66. The summed E-state index contributed by atoms with van der Waals surface area (Å²) in [5, 5.41) is 3.54. The Morgan fingerprint density at radius 2 is 2.10 bits per heavy atom. The summed E-state index contributed by atoms with van der Waals surface area (Å²) in [6.07, 6.45) is 4.81. The lowest BCUT2D eigenvalue weighted by Gasteiger charge is -2.36. The lowest BCUT2D eigenvalue weighted by atomic mass is 9.75. The van der Waals surface area contributed by atoms with Crippen LogP contribution in [0.15, 0.2) is 18.2 Å². The summed E-state index contributed by atoms with van der Waals surface area (Å²) in [7, 11) is 3.52. The molecule has 1 aliphatic rings. The molecule has 0 spiro atoms. The minimum absolute atomic E-state index is 0.00187. The van der Waals surface area contributed by atoms with Gasteiger partial charge in [0.25, 0.3) is 5.91 Å². The van der Waals surface area contributed by atoms with Crippen LogP contribution in [0.3, 0.4) is 0 Å². The molecule has 3 N–H and O–H groups in total. The summed E-state index contributed by atoms with van der Waals surface area (Å²) in [6.45, 7) is 4.63. The van der Waals surface area contributed by atoms with Crippen LogP contribution in [0.4, 0.5) is 11.4 Å². The highest BCUT2D eigenvalue weighted by molar-refractivity contribution is 5.95. The van der Waals surface area contributed by atoms with Gasteiger partial charge in [-0.05, 0) is 42.9 Å². The zero-order valence-corrected chi connectivity index (χ0v) is 13.6. The molecule has 1 aromatic carbocycles. The number of hydrogen-bond acceptors (Lipinski definition) is 3. The Balaban J connectivity index is 2.16. The van der Waals surface area contributed by atoms with E-state index in [4.69, 9.17) is 5.73 Å². The molecule has 1 aliphatic carbocycles. The average Bonchev–Trinajstić information content (AvgIpc) is 2.39. The summed E-state index contributed by atoms with van der Waals surface area (Å²) in [4.78, 5) is 13.6. The van der Waals surface area contributed by atoms with E-state index in [9.17, 15) is 4.79 Å². The van der Waals surface area contributed by atoms with Crippen LogP contribution < -0.4 is 11.1 Å². The molecule has 4 heteroatoms. The van der Waals surface area contributed by atoms with E-state index in [0.29, 0.717) is 22.7 Å². The molecule has 0 heterocycles. The largest absolute Gasteiger partial charge is 0.397 e. The molecule has 1 atom stereocenters. The van der Waals surface area contributed by atoms with Crippen LogP contribution in [0.5, 0.6) is 0 Å². The minimum Gasteiger partial charge on any atom is -0.397 e. The number of rotatable bonds is 3. The Morgan fingerprint density at radius 3 is 2.71 bits per heavy atom. The van der Waals surface area contributed by atoms with Gasteiger partial charge >= 0.3 is 0 Å². The average molecular weight is 289 g/mol. The van der Waals surface area contributed by atoms with E-state index in [1.54, 1.807) is 25.1 Å². The molecule has 1 aromatic rings. The molecule has 1 unspecified atom stereocenters. The first-order chi connectivity index (χ1) is 9.78. The van der Waals surface area contributed by atoms with Crippen molar-refractivity contribution in [3.63, 3.8) is 0 Å².